The second kappa shape index (κ2) is 17.8. The number of carbonyl (C=O) groups excluding carboxylic acids is 2. The van der Waals surface area contributed by atoms with E-state index in [1.54, 1.807) is 54.6 Å². The number of nitrogens with zero attached hydrogens (tertiary/aromatic N) is 4. The van der Waals surface area contributed by atoms with Gasteiger partial charge in [0.05, 0.1) is 5.54 Å². The van der Waals surface area contributed by atoms with E-state index in [4.69, 9.17) is 43.5 Å². The number of aliphatic carboxylic acids is 1. The number of nitrogens with one attached hydrogen (secondary N) is 4. The number of halogens is 4. The van der Waals surface area contributed by atoms with Gasteiger partial charge in [0.15, 0.2) is 5.96 Å². The van der Waals surface area contributed by atoms with Crippen molar-refractivity contribution in [3.8, 4) is 6.01 Å². The molecule has 21 heteroatoms. The van der Waals surface area contributed by atoms with Gasteiger partial charge >= 0.3 is 18.2 Å². The van der Waals surface area contributed by atoms with Gasteiger partial charge in [-0.2, -0.15) is 28.1 Å². The number of rotatable bonds is 18. The van der Waals surface area contributed by atoms with Gasteiger partial charge in [-0.25, -0.2) is 4.79 Å². The Morgan fingerprint density at radius 2 is 1.56 bits per heavy atom. The molecule has 294 valence electrons. The van der Waals surface area contributed by atoms with Crippen molar-refractivity contribution >= 4 is 68.6 Å². The molecule has 1 aliphatic carbocycles. The molecule has 0 aliphatic heterocycles. The predicted octanol–water partition coefficient (Wildman–Crippen LogP) is 3.27. The fraction of sp³-hybridized carbons (Fsp3) is 0.306. The van der Waals surface area contributed by atoms with Crippen LogP contribution >= 0.6 is 11.6 Å². The number of hydrogen-bond donors (Lipinski definition) is 7. The lowest BCUT2D eigenvalue weighted by Gasteiger charge is -2.29. The molecule has 4 radical (unpaired) electrons. The minimum atomic E-state index is -5.19. The van der Waals surface area contributed by atoms with Crippen molar-refractivity contribution in [1.29, 1.82) is 0 Å². The highest BCUT2D eigenvalue weighted by molar-refractivity contribution is 6.40. The molecule has 57 heavy (non-hydrogen) atoms. The number of carboxylic acid groups (broad SMARTS) is 1. The molecule has 1 fully saturated rings. The van der Waals surface area contributed by atoms with Gasteiger partial charge in [0, 0.05) is 29.2 Å². The number of aromatic nitrogens is 3. The van der Waals surface area contributed by atoms with Crippen molar-refractivity contribution in [3.63, 3.8) is 0 Å². The number of alkyl halides is 3. The largest absolute Gasteiger partial charge is 0.480 e. The molecule has 2 amide bonds. The third kappa shape index (κ3) is 11.7. The molecule has 1 aliphatic rings. The van der Waals surface area contributed by atoms with Crippen LogP contribution in [0.25, 0.3) is 0 Å². The minimum absolute atomic E-state index is 0.00226. The van der Waals surface area contributed by atoms with Crippen LogP contribution in [0.2, 0.25) is 5.02 Å². The summed E-state index contributed by atoms with van der Waals surface area (Å²) in [6, 6.07) is 18.1. The van der Waals surface area contributed by atoms with Crippen molar-refractivity contribution in [2.24, 2.45) is 16.5 Å². The number of benzene rings is 3. The molecule has 1 heterocycles. The molecule has 0 saturated heterocycles. The van der Waals surface area contributed by atoms with Crippen LogP contribution in [0.15, 0.2) is 83.9 Å². The van der Waals surface area contributed by atoms with Crippen LogP contribution in [0.3, 0.4) is 0 Å². The SMILES string of the molecule is [B]C([B])(Oc1nc(Nc2ccc(C(=O)N[C@H](CCCN=C(N)N)C(=O)N[C@@H](Cc3ccccc3)C(=O)O)cc2)nc(NC2(c3ccc(Cl)cc3)CC2)n1)C(F)(F)F. The summed E-state index contributed by atoms with van der Waals surface area (Å²) >= 11 is 6.04. The van der Waals surface area contributed by atoms with Gasteiger partial charge in [0.2, 0.25) is 17.8 Å². The van der Waals surface area contributed by atoms with E-state index >= 15 is 0 Å². The second-order valence-electron chi connectivity index (χ2n) is 13.1. The van der Waals surface area contributed by atoms with Gasteiger partial charge in [0.25, 0.3) is 5.91 Å². The maximum atomic E-state index is 13.5. The number of aliphatic imine (C=N–C) groups is 1. The third-order valence-electron chi connectivity index (χ3n) is 8.68. The number of carboxylic acids is 1. The number of guanidine groups is 1. The van der Waals surface area contributed by atoms with E-state index in [-0.39, 0.29) is 54.9 Å². The predicted molar refractivity (Wildman–Crippen MR) is 207 cm³/mol. The van der Waals surface area contributed by atoms with Gasteiger partial charge in [-0.3, -0.25) is 14.6 Å². The van der Waals surface area contributed by atoms with Gasteiger partial charge < -0.3 is 42.6 Å². The molecule has 0 bridgehead atoms. The molecule has 0 spiro atoms. The summed E-state index contributed by atoms with van der Waals surface area (Å²) in [7, 11) is 10.4. The van der Waals surface area contributed by atoms with E-state index in [9.17, 15) is 32.7 Å². The van der Waals surface area contributed by atoms with Crippen LogP contribution in [0.4, 0.5) is 30.8 Å². The van der Waals surface area contributed by atoms with E-state index in [1.807, 2.05) is 0 Å². The molecule has 15 nitrogen and oxygen atoms in total. The molecule has 1 saturated carbocycles. The van der Waals surface area contributed by atoms with Crippen LogP contribution in [0.1, 0.15) is 47.2 Å². The first-order chi connectivity index (χ1) is 26.9. The second-order valence-corrected chi connectivity index (χ2v) is 13.6. The van der Waals surface area contributed by atoms with Gasteiger partial charge in [-0.1, -0.05) is 54.1 Å². The van der Waals surface area contributed by atoms with Crippen molar-refractivity contribution in [3.05, 3.63) is 101 Å². The van der Waals surface area contributed by atoms with E-state index in [0.29, 0.717) is 23.4 Å². The van der Waals surface area contributed by atoms with Crippen LogP contribution in [-0.4, -0.2) is 89.7 Å². The molecule has 0 unspecified atom stereocenters. The van der Waals surface area contributed by atoms with Crippen LogP contribution < -0.4 is 37.5 Å². The van der Waals surface area contributed by atoms with Crippen molar-refractivity contribution in [2.45, 2.75) is 61.3 Å². The van der Waals surface area contributed by atoms with Gasteiger partial charge in [-0.15, -0.1) is 0 Å². The Morgan fingerprint density at radius 1 is 0.912 bits per heavy atom. The summed E-state index contributed by atoms with van der Waals surface area (Å²) in [6.45, 7) is 0.144. The Morgan fingerprint density at radius 3 is 2.16 bits per heavy atom. The average Bonchev–Trinajstić information content (AvgIpc) is 3.92. The maximum absolute atomic E-state index is 13.5. The van der Waals surface area contributed by atoms with Crippen LogP contribution in [0, 0.1) is 0 Å². The number of anilines is 3. The Labute approximate surface area is 332 Å². The number of nitrogens with two attached hydrogens (primary N) is 2. The van der Waals surface area contributed by atoms with Crippen molar-refractivity contribution in [1.82, 2.24) is 25.6 Å². The highest BCUT2D eigenvalue weighted by Gasteiger charge is 2.49. The van der Waals surface area contributed by atoms with Crippen molar-refractivity contribution in [2.75, 3.05) is 17.2 Å². The number of amides is 2. The maximum Gasteiger partial charge on any atom is 0.410 e. The zero-order valence-electron chi connectivity index (χ0n) is 30.1. The third-order valence-corrected chi connectivity index (χ3v) is 8.94. The quantitative estimate of drug-likeness (QED) is 0.0333. The smallest absolute Gasteiger partial charge is 0.410 e. The average molecular weight is 803 g/mol. The Balaban J connectivity index is 1.32. The normalized spacial score (nSPS) is 14.3. The zero-order chi connectivity index (χ0) is 41.4. The summed E-state index contributed by atoms with van der Waals surface area (Å²) in [6.07, 6.45) is -3.56. The highest BCUT2D eigenvalue weighted by Crippen LogP contribution is 2.48. The molecule has 4 aromatic rings. The van der Waals surface area contributed by atoms with Gasteiger partial charge in [-0.05, 0) is 73.2 Å². The molecule has 3 aromatic carbocycles. The first kappa shape index (κ1) is 42.1. The molecule has 5 rings (SSSR count). The van der Waals surface area contributed by atoms with E-state index in [1.165, 1.54) is 24.3 Å². The first-order valence-electron chi connectivity index (χ1n) is 17.4. The zero-order valence-corrected chi connectivity index (χ0v) is 30.8. The van der Waals surface area contributed by atoms with E-state index in [0.717, 1.165) is 5.56 Å². The summed E-state index contributed by atoms with van der Waals surface area (Å²) in [5.41, 5.74) is 12.1. The molecule has 1 aromatic heterocycles. The lowest BCUT2D eigenvalue weighted by atomic mass is 9.64. The van der Waals surface area contributed by atoms with E-state index in [2.05, 4.69) is 41.2 Å². The lowest BCUT2D eigenvalue weighted by molar-refractivity contribution is -0.187. The summed E-state index contributed by atoms with van der Waals surface area (Å²) < 4.78 is 45.4. The topological polar surface area (TPSA) is 232 Å². The summed E-state index contributed by atoms with van der Waals surface area (Å²) in [5.74, 6) is -3.24. The molecule has 9 N–H and O–H groups in total. The van der Waals surface area contributed by atoms with Gasteiger partial charge in [0.1, 0.15) is 33.2 Å². The molecule has 2 atom stereocenters. The standard InChI is InChI=1S/C36H36B2ClF3N10O5/c37-35(38,36(40,41)42)57-33-50-31(49-32(51-33)52-34(16-17-34)22-10-12-23(39)13-11-22)46-24-14-8-21(9-15-24)27(53)47-25(7-4-18-45-30(43)44)28(54)48-26(29(55)56)19-20-5-2-1-3-6-20/h1-3,5-6,8-15,25-26H,4,7,16-19H2,(H,47,53)(H,48,54)(H,55,56)(H4,43,44,45)(H2,46,49,50,51,52)/t25-,26+/m1/s1. The summed E-state index contributed by atoms with van der Waals surface area (Å²) in [5, 5.41) is 17.8. The van der Waals surface area contributed by atoms with Crippen molar-refractivity contribution < 1.29 is 37.4 Å². The number of hydrogen-bond acceptors (Lipinski definition) is 10. The number of ether oxygens (including phenoxy) is 1. The molecular formula is C36H36B2ClF3N10O5. The Bertz CT molecular complexity index is 2070. The Kier molecular flexibility index (Phi) is 13.2. The first-order valence-corrected chi connectivity index (χ1v) is 17.7. The Hall–Kier alpha value is -6.04. The fourth-order valence-corrected chi connectivity index (χ4v) is 5.61. The van der Waals surface area contributed by atoms with E-state index < -0.39 is 53.0 Å². The van der Waals surface area contributed by atoms with Crippen LogP contribution in [0.5, 0.6) is 6.01 Å². The molecular weight excluding hydrogens is 767 g/mol. The van der Waals surface area contributed by atoms with Crippen LogP contribution in [-0.2, 0) is 21.5 Å². The monoisotopic (exact) mass is 802 g/mol. The summed E-state index contributed by atoms with van der Waals surface area (Å²) in [4.78, 5) is 54.9. The minimum Gasteiger partial charge on any atom is -0.480 e. The lowest BCUT2D eigenvalue weighted by Crippen LogP contribution is -2.52. The number of carbonyl (C=O) groups is 3. The highest BCUT2D eigenvalue weighted by atomic mass is 35.5. The fourth-order valence-electron chi connectivity index (χ4n) is 5.49.